The summed E-state index contributed by atoms with van der Waals surface area (Å²) in [6.45, 7) is 1.98. The Labute approximate surface area is 220 Å². The van der Waals surface area contributed by atoms with E-state index in [2.05, 4.69) is 31.7 Å². The molecule has 0 spiro atoms. The largest absolute Gasteiger partial charge is 0.351 e. The second-order valence-corrected chi connectivity index (χ2v) is 11.2. The summed E-state index contributed by atoms with van der Waals surface area (Å²) in [6.07, 6.45) is 4.92. The molecule has 0 amide bonds. The van der Waals surface area contributed by atoms with E-state index in [9.17, 15) is 8.42 Å². The molecule has 5 rings (SSSR count). The zero-order chi connectivity index (χ0) is 25.4. The van der Waals surface area contributed by atoms with Crippen LogP contribution in [0.5, 0.6) is 0 Å². The van der Waals surface area contributed by atoms with E-state index in [1.54, 1.807) is 18.3 Å². The van der Waals surface area contributed by atoms with Crippen molar-refractivity contribution in [1.29, 1.82) is 0 Å². The van der Waals surface area contributed by atoms with Crippen molar-refractivity contribution in [1.82, 2.24) is 14.9 Å². The number of nitrogens with zero attached hydrogens (tertiary/aromatic N) is 3. The van der Waals surface area contributed by atoms with E-state index in [0.717, 1.165) is 34.6 Å². The van der Waals surface area contributed by atoms with Gasteiger partial charge >= 0.3 is 0 Å². The predicted molar refractivity (Wildman–Crippen MR) is 148 cm³/mol. The summed E-state index contributed by atoms with van der Waals surface area (Å²) >= 11 is 12.1. The van der Waals surface area contributed by atoms with E-state index in [1.807, 2.05) is 66.6 Å². The summed E-state index contributed by atoms with van der Waals surface area (Å²) in [6, 6.07) is 22.6. The number of hydrogen-bond donors (Lipinski definition) is 2. The fourth-order valence-electron chi connectivity index (χ4n) is 4.49. The minimum atomic E-state index is -3.38. The molecule has 7 nitrogen and oxygen atoms in total. The standard InChI is InChI=1S/C26H24ClN5O2S2/c1-17-16-20(12-13-21(17)27)31-15-5-7-23(31)25-24(22-6-3-4-14-28-22)29-26(35)32(25)19-10-8-18(9-11-19)30-36(2,33)34/h3-16,24-25,30H,1-2H3,(H,29,35). The first-order valence-electron chi connectivity index (χ1n) is 11.2. The van der Waals surface area contributed by atoms with E-state index in [4.69, 9.17) is 23.8 Å². The second-order valence-electron chi connectivity index (χ2n) is 8.65. The molecule has 1 aliphatic heterocycles. The molecule has 2 aromatic heterocycles. The lowest BCUT2D eigenvalue weighted by molar-refractivity contribution is 0.549. The van der Waals surface area contributed by atoms with Gasteiger partial charge in [0.25, 0.3) is 0 Å². The number of rotatable bonds is 6. The summed E-state index contributed by atoms with van der Waals surface area (Å²) < 4.78 is 27.9. The molecule has 184 valence electrons. The van der Waals surface area contributed by atoms with Crippen LogP contribution in [0, 0.1) is 6.92 Å². The molecule has 1 fully saturated rings. The normalized spacial score (nSPS) is 17.8. The number of nitrogens with one attached hydrogen (secondary N) is 2. The Bertz CT molecular complexity index is 1520. The average Bonchev–Trinajstić information content (AvgIpc) is 3.45. The number of benzene rings is 2. The van der Waals surface area contributed by atoms with Crippen LogP contribution in [0.4, 0.5) is 11.4 Å². The maximum Gasteiger partial charge on any atom is 0.229 e. The molecule has 36 heavy (non-hydrogen) atoms. The third-order valence-corrected chi connectivity index (χ3v) is 7.39. The lowest BCUT2D eigenvalue weighted by Gasteiger charge is -2.29. The number of pyridine rings is 1. The molecule has 2 N–H and O–H groups in total. The third kappa shape index (κ3) is 4.82. The van der Waals surface area contributed by atoms with E-state index in [1.165, 1.54) is 0 Å². The molecule has 2 aromatic carbocycles. The van der Waals surface area contributed by atoms with Crippen molar-refractivity contribution in [3.63, 3.8) is 0 Å². The van der Waals surface area contributed by atoms with E-state index >= 15 is 0 Å². The highest BCUT2D eigenvalue weighted by Gasteiger charge is 2.42. The maximum absolute atomic E-state index is 11.6. The van der Waals surface area contributed by atoms with E-state index < -0.39 is 10.0 Å². The molecule has 10 heteroatoms. The Morgan fingerprint density at radius 2 is 1.78 bits per heavy atom. The lowest BCUT2D eigenvalue weighted by atomic mass is 10.0. The van der Waals surface area contributed by atoms with Crippen LogP contribution >= 0.6 is 23.8 Å². The lowest BCUT2D eigenvalue weighted by Crippen LogP contribution is -2.30. The molecule has 1 saturated heterocycles. The highest BCUT2D eigenvalue weighted by Crippen LogP contribution is 2.42. The third-order valence-electron chi connectivity index (χ3n) is 6.05. The van der Waals surface area contributed by atoms with Crippen LogP contribution in [0.2, 0.25) is 5.02 Å². The van der Waals surface area contributed by atoms with Crippen LogP contribution in [0.15, 0.2) is 85.2 Å². The van der Waals surface area contributed by atoms with Gasteiger partial charge < -0.3 is 14.8 Å². The summed E-state index contributed by atoms with van der Waals surface area (Å²) in [5.74, 6) is 0. The number of aromatic nitrogens is 2. The zero-order valence-electron chi connectivity index (χ0n) is 19.6. The van der Waals surface area contributed by atoms with Crippen LogP contribution in [-0.2, 0) is 10.0 Å². The minimum absolute atomic E-state index is 0.213. The SMILES string of the molecule is Cc1cc(-n2cccc2C2C(c3ccccn3)NC(=S)N2c2ccc(NS(C)(=O)=O)cc2)ccc1Cl. The number of halogens is 1. The summed E-state index contributed by atoms with van der Waals surface area (Å²) in [7, 11) is -3.38. The highest BCUT2D eigenvalue weighted by molar-refractivity contribution is 7.92. The van der Waals surface area contributed by atoms with E-state index in [0.29, 0.717) is 15.8 Å². The minimum Gasteiger partial charge on any atom is -0.351 e. The number of thiocarbonyl (C=S) groups is 1. The van der Waals surface area contributed by atoms with Gasteiger partial charge in [0, 0.05) is 40.2 Å². The summed E-state index contributed by atoms with van der Waals surface area (Å²) in [5, 5.41) is 4.73. The first kappa shape index (κ1) is 24.3. The van der Waals surface area contributed by atoms with E-state index in [-0.39, 0.29) is 12.1 Å². The van der Waals surface area contributed by atoms with Gasteiger partial charge in [-0.2, -0.15) is 0 Å². The average molecular weight is 538 g/mol. The van der Waals surface area contributed by atoms with Crippen molar-refractivity contribution in [2.24, 2.45) is 0 Å². The monoisotopic (exact) mass is 537 g/mol. The number of aryl methyl sites for hydroxylation is 1. The van der Waals surface area contributed by atoms with Crippen LogP contribution in [0.3, 0.4) is 0 Å². The maximum atomic E-state index is 11.6. The molecular formula is C26H24ClN5O2S2. The van der Waals surface area contributed by atoms with Gasteiger partial charge in [0.1, 0.15) is 6.04 Å². The molecule has 0 saturated carbocycles. The second kappa shape index (κ2) is 9.57. The van der Waals surface area contributed by atoms with Crippen molar-refractivity contribution in [2.75, 3.05) is 15.9 Å². The van der Waals surface area contributed by atoms with Crippen molar-refractivity contribution < 1.29 is 8.42 Å². The van der Waals surface area contributed by atoms with Gasteiger partial charge in [-0.15, -0.1) is 0 Å². The van der Waals surface area contributed by atoms with Gasteiger partial charge in [-0.3, -0.25) is 9.71 Å². The highest BCUT2D eigenvalue weighted by atomic mass is 35.5. The Kier molecular flexibility index (Phi) is 6.46. The van der Waals surface area contributed by atoms with Gasteiger partial charge in [-0.1, -0.05) is 17.7 Å². The number of sulfonamides is 1. The molecule has 2 atom stereocenters. The molecule has 2 unspecified atom stereocenters. The first-order chi connectivity index (χ1) is 17.2. The predicted octanol–water partition coefficient (Wildman–Crippen LogP) is 5.38. The Morgan fingerprint density at radius 3 is 2.44 bits per heavy atom. The van der Waals surface area contributed by atoms with Gasteiger partial charge in [-0.25, -0.2) is 8.42 Å². The molecule has 0 bridgehead atoms. The fourth-order valence-corrected chi connectivity index (χ4v) is 5.51. The van der Waals surface area contributed by atoms with Crippen LogP contribution in [0.25, 0.3) is 5.69 Å². The molecule has 0 aliphatic carbocycles. The van der Waals surface area contributed by atoms with Crippen molar-refractivity contribution in [2.45, 2.75) is 19.0 Å². The fraction of sp³-hybridized carbons (Fsp3) is 0.154. The number of hydrogen-bond acceptors (Lipinski definition) is 4. The Morgan fingerprint density at radius 1 is 1.03 bits per heavy atom. The summed E-state index contributed by atoms with van der Waals surface area (Å²) in [4.78, 5) is 6.66. The molecule has 4 aromatic rings. The molecule has 0 radical (unpaired) electrons. The van der Waals surface area contributed by atoms with Crippen molar-refractivity contribution in [3.05, 3.63) is 107 Å². The zero-order valence-corrected chi connectivity index (χ0v) is 22.0. The van der Waals surface area contributed by atoms with Crippen molar-refractivity contribution >= 4 is 50.3 Å². The van der Waals surface area contributed by atoms with Crippen LogP contribution in [0.1, 0.15) is 29.0 Å². The number of anilines is 2. The van der Waals surface area contributed by atoms with Gasteiger partial charge in [0.05, 0.1) is 18.0 Å². The molecule has 1 aliphatic rings. The van der Waals surface area contributed by atoms with Crippen molar-refractivity contribution in [3.8, 4) is 5.69 Å². The Balaban J connectivity index is 1.61. The van der Waals surface area contributed by atoms with Gasteiger partial charge in [0.15, 0.2) is 5.11 Å². The smallest absolute Gasteiger partial charge is 0.229 e. The molecular weight excluding hydrogens is 514 g/mol. The topological polar surface area (TPSA) is 79.3 Å². The van der Waals surface area contributed by atoms with Gasteiger partial charge in [0.2, 0.25) is 10.0 Å². The summed E-state index contributed by atoms with van der Waals surface area (Å²) in [5.41, 5.74) is 5.16. The van der Waals surface area contributed by atoms with Gasteiger partial charge in [-0.05, 0) is 91.4 Å². The van der Waals surface area contributed by atoms with Crippen LogP contribution in [-0.4, -0.2) is 29.3 Å². The van der Waals surface area contributed by atoms with Crippen LogP contribution < -0.4 is 14.9 Å². The first-order valence-corrected chi connectivity index (χ1v) is 13.9. The quantitative estimate of drug-likeness (QED) is 0.321. The molecule has 3 heterocycles. The Hall–Kier alpha value is -3.40.